The number of aryl methyl sites for hydroxylation is 1. The Kier molecular flexibility index (Phi) is 3.51. The van der Waals surface area contributed by atoms with Gasteiger partial charge in [0, 0.05) is 30.9 Å². The molecule has 0 N–H and O–H groups in total. The molecule has 26 heavy (non-hydrogen) atoms. The largest absolute Gasteiger partial charge is 0.463 e. The summed E-state index contributed by atoms with van der Waals surface area (Å²) in [7, 11) is 0. The highest BCUT2D eigenvalue weighted by molar-refractivity contribution is 5.46. The monoisotopic (exact) mass is 351 g/mol. The van der Waals surface area contributed by atoms with Gasteiger partial charge in [-0.1, -0.05) is 6.42 Å². The Labute approximate surface area is 151 Å². The van der Waals surface area contributed by atoms with Crippen LogP contribution >= 0.6 is 0 Å². The molecule has 2 unspecified atom stereocenters. The Bertz CT molecular complexity index is 925. The van der Waals surface area contributed by atoms with Gasteiger partial charge >= 0.3 is 6.01 Å². The maximum absolute atomic E-state index is 6.00. The second kappa shape index (κ2) is 5.89. The van der Waals surface area contributed by atoms with Crippen molar-refractivity contribution in [2.75, 3.05) is 24.6 Å². The van der Waals surface area contributed by atoms with Crippen LogP contribution in [0.3, 0.4) is 0 Å². The third-order valence-electron chi connectivity index (χ3n) is 5.76. The number of aromatic nitrogens is 6. The molecule has 4 heterocycles. The Morgan fingerprint density at radius 3 is 3.04 bits per heavy atom. The minimum absolute atomic E-state index is 0.151. The van der Waals surface area contributed by atoms with Crippen LogP contribution in [-0.4, -0.2) is 49.5 Å². The molecular weight excluding hydrogens is 330 g/mol. The zero-order valence-corrected chi connectivity index (χ0v) is 14.7. The van der Waals surface area contributed by atoms with Crippen LogP contribution in [-0.2, 0) is 0 Å². The summed E-state index contributed by atoms with van der Waals surface area (Å²) in [5.74, 6) is 1.59. The van der Waals surface area contributed by atoms with E-state index in [9.17, 15) is 0 Å². The van der Waals surface area contributed by atoms with E-state index >= 15 is 0 Å². The lowest BCUT2D eigenvalue weighted by Crippen LogP contribution is -2.34. The number of anilines is 1. The van der Waals surface area contributed by atoms with Crippen molar-refractivity contribution in [3.63, 3.8) is 0 Å². The first kappa shape index (κ1) is 15.5. The van der Waals surface area contributed by atoms with Gasteiger partial charge in [0.15, 0.2) is 5.65 Å². The molecule has 8 nitrogen and oxygen atoms in total. The van der Waals surface area contributed by atoms with Gasteiger partial charge in [0.05, 0.1) is 6.61 Å². The summed E-state index contributed by atoms with van der Waals surface area (Å²) in [5, 5.41) is 12.6. The summed E-state index contributed by atoms with van der Waals surface area (Å²) in [6, 6.07) is 4.47. The first-order valence-electron chi connectivity index (χ1n) is 9.05. The van der Waals surface area contributed by atoms with Gasteiger partial charge in [0.25, 0.3) is 0 Å². The summed E-state index contributed by atoms with van der Waals surface area (Å²) < 4.78 is 7.73. The molecule has 0 radical (unpaired) electrons. The van der Waals surface area contributed by atoms with Crippen LogP contribution in [0.4, 0.5) is 5.82 Å². The fraction of sp³-hybridized carbons (Fsp3) is 0.500. The zero-order valence-electron chi connectivity index (χ0n) is 14.7. The Morgan fingerprint density at radius 2 is 2.15 bits per heavy atom. The molecule has 2 fully saturated rings. The molecule has 134 valence electrons. The van der Waals surface area contributed by atoms with Crippen molar-refractivity contribution in [3.8, 4) is 6.01 Å². The van der Waals surface area contributed by atoms with Gasteiger partial charge in [0.2, 0.25) is 0 Å². The summed E-state index contributed by atoms with van der Waals surface area (Å²) >= 11 is 0. The molecule has 0 aromatic carbocycles. The molecule has 2 aliphatic rings. The summed E-state index contributed by atoms with van der Waals surface area (Å²) in [6.07, 6.45) is 8.91. The average Bonchev–Trinajstić information content (AvgIpc) is 3.34. The van der Waals surface area contributed by atoms with E-state index < -0.39 is 0 Å². The molecule has 5 rings (SSSR count). The van der Waals surface area contributed by atoms with E-state index in [0.29, 0.717) is 18.5 Å². The van der Waals surface area contributed by atoms with Crippen molar-refractivity contribution in [1.82, 2.24) is 29.8 Å². The standard InChI is InChI=1S/C18H21N7O/c1-13-7-19-17(20-8-13)26-11-18-6-2-3-14(18)9-24(10-18)16-5-4-15-22-21-12-25(15)23-16/h4-5,7-8,12,14H,2-3,6,9-11H2,1H3. The third kappa shape index (κ3) is 2.56. The van der Waals surface area contributed by atoms with E-state index in [-0.39, 0.29) is 5.41 Å². The highest BCUT2D eigenvalue weighted by atomic mass is 16.5. The molecule has 0 spiro atoms. The van der Waals surface area contributed by atoms with E-state index in [1.165, 1.54) is 19.3 Å². The lowest BCUT2D eigenvalue weighted by molar-refractivity contribution is 0.130. The summed E-state index contributed by atoms with van der Waals surface area (Å²) in [5.41, 5.74) is 1.96. The highest BCUT2D eigenvalue weighted by Crippen LogP contribution is 2.49. The maximum Gasteiger partial charge on any atom is 0.316 e. The van der Waals surface area contributed by atoms with Crippen LogP contribution in [0.25, 0.3) is 5.65 Å². The molecule has 2 atom stereocenters. The molecule has 3 aromatic rings. The molecule has 1 saturated carbocycles. The predicted octanol–water partition coefficient (Wildman–Crippen LogP) is 1.91. The number of nitrogens with zero attached hydrogens (tertiary/aromatic N) is 7. The topological polar surface area (TPSA) is 81.3 Å². The Hall–Kier alpha value is -2.77. The summed E-state index contributed by atoms with van der Waals surface area (Å²) in [4.78, 5) is 10.9. The normalized spacial score (nSPS) is 25.0. The highest BCUT2D eigenvalue weighted by Gasteiger charge is 2.50. The smallest absolute Gasteiger partial charge is 0.316 e. The number of rotatable bonds is 4. The van der Waals surface area contributed by atoms with Crippen molar-refractivity contribution in [3.05, 3.63) is 36.4 Å². The predicted molar refractivity (Wildman–Crippen MR) is 95.0 cm³/mol. The van der Waals surface area contributed by atoms with Gasteiger partial charge in [-0.25, -0.2) is 9.97 Å². The molecule has 0 bridgehead atoms. The van der Waals surface area contributed by atoms with Crippen molar-refractivity contribution < 1.29 is 4.74 Å². The maximum atomic E-state index is 6.00. The molecule has 3 aromatic heterocycles. The van der Waals surface area contributed by atoms with Crippen LogP contribution in [0.1, 0.15) is 24.8 Å². The van der Waals surface area contributed by atoms with Crippen molar-refractivity contribution in [2.45, 2.75) is 26.2 Å². The molecule has 1 aliphatic carbocycles. The van der Waals surface area contributed by atoms with Crippen molar-refractivity contribution >= 4 is 11.5 Å². The van der Waals surface area contributed by atoms with Gasteiger partial charge in [0.1, 0.15) is 12.1 Å². The molecule has 1 saturated heterocycles. The second-order valence-corrected chi connectivity index (χ2v) is 7.49. The summed E-state index contributed by atoms with van der Waals surface area (Å²) in [6.45, 7) is 4.60. The van der Waals surface area contributed by atoms with Gasteiger partial charge in [-0.3, -0.25) is 0 Å². The number of fused-ring (bicyclic) bond motifs is 2. The minimum Gasteiger partial charge on any atom is -0.463 e. The third-order valence-corrected chi connectivity index (χ3v) is 5.76. The Balaban J connectivity index is 1.35. The van der Waals surface area contributed by atoms with Crippen LogP contribution < -0.4 is 9.64 Å². The second-order valence-electron chi connectivity index (χ2n) is 7.49. The SMILES string of the molecule is Cc1cnc(OCC23CCCC2CN(c2ccc4nncn4n2)C3)nc1. The number of ether oxygens (including phenoxy) is 1. The lowest BCUT2D eigenvalue weighted by atomic mass is 9.82. The van der Waals surface area contributed by atoms with E-state index in [2.05, 4.69) is 30.2 Å². The average molecular weight is 351 g/mol. The molecule has 0 amide bonds. The van der Waals surface area contributed by atoms with E-state index in [1.54, 1.807) is 23.2 Å². The van der Waals surface area contributed by atoms with Crippen LogP contribution in [0.15, 0.2) is 30.9 Å². The minimum atomic E-state index is 0.151. The van der Waals surface area contributed by atoms with Gasteiger partial charge < -0.3 is 9.64 Å². The molecular formula is C18H21N7O. The van der Waals surface area contributed by atoms with Crippen molar-refractivity contribution in [2.24, 2.45) is 11.3 Å². The van der Waals surface area contributed by atoms with Gasteiger partial charge in [-0.15, -0.1) is 15.3 Å². The number of hydrogen-bond acceptors (Lipinski definition) is 7. The van der Waals surface area contributed by atoms with Gasteiger partial charge in [-0.05, 0) is 43.4 Å². The van der Waals surface area contributed by atoms with E-state index in [1.807, 2.05) is 19.1 Å². The van der Waals surface area contributed by atoms with E-state index in [0.717, 1.165) is 30.1 Å². The van der Waals surface area contributed by atoms with Crippen molar-refractivity contribution in [1.29, 1.82) is 0 Å². The first-order chi connectivity index (χ1) is 12.7. The van der Waals surface area contributed by atoms with Crippen LogP contribution in [0.2, 0.25) is 0 Å². The fourth-order valence-electron chi connectivity index (χ4n) is 4.38. The number of hydrogen-bond donors (Lipinski definition) is 0. The Morgan fingerprint density at radius 1 is 1.27 bits per heavy atom. The molecule has 8 heteroatoms. The quantitative estimate of drug-likeness (QED) is 0.710. The zero-order chi connectivity index (χ0) is 17.6. The molecule has 1 aliphatic heterocycles. The van der Waals surface area contributed by atoms with E-state index in [4.69, 9.17) is 4.74 Å². The van der Waals surface area contributed by atoms with Gasteiger partial charge in [-0.2, -0.15) is 4.52 Å². The van der Waals surface area contributed by atoms with Crippen LogP contribution in [0.5, 0.6) is 6.01 Å². The lowest BCUT2D eigenvalue weighted by Gasteiger charge is -2.28. The first-order valence-corrected chi connectivity index (χ1v) is 9.05. The van der Waals surface area contributed by atoms with Crippen LogP contribution in [0, 0.1) is 18.3 Å². The fourth-order valence-corrected chi connectivity index (χ4v) is 4.38.